The van der Waals surface area contributed by atoms with Gasteiger partial charge in [-0.2, -0.15) is 0 Å². The predicted octanol–water partition coefficient (Wildman–Crippen LogP) is 4.33. The number of amides is 1. The summed E-state index contributed by atoms with van der Waals surface area (Å²) in [5.41, 5.74) is 1.91. The third-order valence-electron chi connectivity index (χ3n) is 2.80. The summed E-state index contributed by atoms with van der Waals surface area (Å²) >= 11 is 4.99. The molecule has 21 heavy (non-hydrogen) atoms. The molecule has 0 bridgehead atoms. The lowest BCUT2D eigenvalue weighted by Crippen LogP contribution is -2.14. The Morgan fingerprint density at radius 1 is 1.19 bits per heavy atom. The third kappa shape index (κ3) is 5.10. The largest absolute Gasteiger partial charge is 0.495 e. The molecule has 3 nitrogen and oxygen atoms in total. The van der Waals surface area contributed by atoms with Crippen LogP contribution in [0.15, 0.2) is 53.0 Å². The van der Waals surface area contributed by atoms with Gasteiger partial charge in [0.1, 0.15) is 5.75 Å². The molecule has 0 aromatic heterocycles. The van der Waals surface area contributed by atoms with Crippen LogP contribution < -0.4 is 10.1 Å². The van der Waals surface area contributed by atoms with Gasteiger partial charge in [-0.3, -0.25) is 4.79 Å². The molecule has 1 amide bonds. The summed E-state index contributed by atoms with van der Waals surface area (Å²) in [4.78, 5) is 11.9. The van der Waals surface area contributed by atoms with Crippen molar-refractivity contribution in [1.29, 1.82) is 0 Å². The molecule has 110 valence electrons. The highest BCUT2D eigenvalue weighted by Gasteiger charge is 2.06. The molecule has 0 unspecified atom stereocenters. The summed E-state index contributed by atoms with van der Waals surface area (Å²) in [7, 11) is 1.59. The highest BCUT2D eigenvalue weighted by atomic mass is 79.9. The Bertz CT molecular complexity index is 601. The molecular weight excluding hydrogens is 350 g/mol. The van der Waals surface area contributed by atoms with Gasteiger partial charge in [0, 0.05) is 10.2 Å². The molecule has 0 saturated carbocycles. The Balaban J connectivity index is 1.81. The lowest BCUT2D eigenvalue weighted by Gasteiger charge is -2.09. The Labute approximate surface area is 137 Å². The summed E-state index contributed by atoms with van der Waals surface area (Å²) in [6, 6.07) is 15.5. The van der Waals surface area contributed by atoms with E-state index in [1.54, 1.807) is 18.9 Å². The molecule has 0 fully saturated rings. The van der Waals surface area contributed by atoms with Crippen molar-refractivity contribution in [1.82, 2.24) is 0 Å². The molecule has 0 spiro atoms. The highest BCUT2D eigenvalue weighted by molar-refractivity contribution is 9.10. The summed E-state index contributed by atoms with van der Waals surface area (Å²) in [6.07, 6.45) is 0. The van der Waals surface area contributed by atoms with E-state index >= 15 is 0 Å². The highest BCUT2D eigenvalue weighted by Crippen LogP contribution is 2.23. The quantitative estimate of drug-likeness (QED) is 0.827. The lowest BCUT2D eigenvalue weighted by atomic mass is 10.2. The molecule has 0 radical (unpaired) electrons. The third-order valence-corrected chi connectivity index (χ3v) is 4.33. The summed E-state index contributed by atoms with van der Waals surface area (Å²) < 4.78 is 6.27. The van der Waals surface area contributed by atoms with E-state index in [4.69, 9.17) is 4.74 Å². The van der Waals surface area contributed by atoms with Gasteiger partial charge in [0.05, 0.1) is 18.6 Å². The van der Waals surface area contributed by atoms with Gasteiger partial charge in [0.25, 0.3) is 0 Å². The van der Waals surface area contributed by atoms with Crippen LogP contribution in [0.5, 0.6) is 5.75 Å². The molecule has 0 heterocycles. The number of ether oxygens (including phenoxy) is 1. The van der Waals surface area contributed by atoms with E-state index in [-0.39, 0.29) is 5.91 Å². The lowest BCUT2D eigenvalue weighted by molar-refractivity contribution is -0.113. The number of carbonyl (C=O) groups is 1. The van der Waals surface area contributed by atoms with Gasteiger partial charge in [-0.1, -0.05) is 40.2 Å². The molecular formula is C16H16BrNO2S. The zero-order chi connectivity index (χ0) is 15.1. The smallest absolute Gasteiger partial charge is 0.234 e. The summed E-state index contributed by atoms with van der Waals surface area (Å²) in [5.74, 6) is 1.87. The second-order valence-electron chi connectivity index (χ2n) is 4.37. The van der Waals surface area contributed by atoms with Crippen molar-refractivity contribution in [2.75, 3.05) is 18.2 Å². The second-order valence-corrected chi connectivity index (χ2v) is 6.27. The number of anilines is 1. The Kier molecular flexibility index (Phi) is 6.14. The molecule has 1 N–H and O–H groups in total. The van der Waals surface area contributed by atoms with E-state index in [9.17, 15) is 4.79 Å². The van der Waals surface area contributed by atoms with Crippen molar-refractivity contribution in [2.45, 2.75) is 5.75 Å². The molecule has 0 aliphatic heterocycles. The zero-order valence-corrected chi connectivity index (χ0v) is 14.0. The first-order valence-electron chi connectivity index (χ1n) is 6.44. The minimum atomic E-state index is -0.0263. The number of benzene rings is 2. The van der Waals surface area contributed by atoms with E-state index in [0.717, 1.165) is 10.2 Å². The van der Waals surface area contributed by atoms with Crippen molar-refractivity contribution >= 4 is 39.3 Å². The maximum absolute atomic E-state index is 11.9. The number of methoxy groups -OCH3 is 1. The Morgan fingerprint density at radius 3 is 2.62 bits per heavy atom. The fraction of sp³-hybridized carbons (Fsp3) is 0.188. The molecule has 2 aromatic rings. The number of hydrogen-bond acceptors (Lipinski definition) is 3. The number of thioether (sulfide) groups is 1. The second kappa shape index (κ2) is 8.10. The fourth-order valence-corrected chi connectivity index (χ4v) is 2.83. The van der Waals surface area contributed by atoms with Crippen molar-refractivity contribution < 1.29 is 9.53 Å². The summed E-state index contributed by atoms with van der Waals surface area (Å²) in [5, 5.41) is 2.86. The first kappa shape index (κ1) is 15.9. The first-order chi connectivity index (χ1) is 10.2. The number of para-hydroxylation sites is 2. The molecule has 0 saturated heterocycles. The predicted molar refractivity (Wildman–Crippen MR) is 91.9 cm³/mol. The molecule has 0 aliphatic carbocycles. The summed E-state index contributed by atoms with van der Waals surface area (Å²) in [6.45, 7) is 0. The number of nitrogens with one attached hydrogen (secondary N) is 1. The van der Waals surface area contributed by atoms with Crippen LogP contribution in [0.1, 0.15) is 5.56 Å². The van der Waals surface area contributed by atoms with E-state index in [1.165, 1.54) is 5.56 Å². The van der Waals surface area contributed by atoms with Crippen molar-refractivity contribution in [2.24, 2.45) is 0 Å². The SMILES string of the molecule is COc1ccccc1NC(=O)CSCc1ccc(Br)cc1. The average molecular weight is 366 g/mol. The van der Waals surface area contributed by atoms with Crippen LogP contribution >= 0.6 is 27.7 Å². The number of hydrogen-bond donors (Lipinski definition) is 1. The van der Waals surface area contributed by atoms with Crippen LogP contribution in [0.3, 0.4) is 0 Å². The van der Waals surface area contributed by atoms with Crippen LogP contribution in [-0.4, -0.2) is 18.8 Å². The first-order valence-corrected chi connectivity index (χ1v) is 8.39. The minimum absolute atomic E-state index is 0.0263. The van der Waals surface area contributed by atoms with Gasteiger partial charge in [-0.05, 0) is 29.8 Å². The molecule has 5 heteroatoms. The normalized spacial score (nSPS) is 10.2. The van der Waals surface area contributed by atoms with Crippen molar-refractivity contribution in [3.63, 3.8) is 0 Å². The Morgan fingerprint density at radius 2 is 1.90 bits per heavy atom. The van der Waals surface area contributed by atoms with E-state index < -0.39 is 0 Å². The standard InChI is InChI=1S/C16H16BrNO2S/c1-20-15-5-3-2-4-14(15)18-16(19)11-21-10-12-6-8-13(17)9-7-12/h2-9H,10-11H2,1H3,(H,18,19). The van der Waals surface area contributed by atoms with E-state index in [0.29, 0.717) is 17.2 Å². The van der Waals surface area contributed by atoms with Crippen LogP contribution in [-0.2, 0) is 10.5 Å². The molecule has 0 aliphatic rings. The molecule has 0 atom stereocenters. The number of rotatable bonds is 6. The molecule has 2 rings (SSSR count). The topological polar surface area (TPSA) is 38.3 Å². The van der Waals surface area contributed by atoms with Crippen LogP contribution in [0, 0.1) is 0 Å². The van der Waals surface area contributed by atoms with Crippen LogP contribution in [0.2, 0.25) is 0 Å². The van der Waals surface area contributed by atoms with Gasteiger partial charge in [-0.25, -0.2) is 0 Å². The van der Waals surface area contributed by atoms with Crippen LogP contribution in [0.25, 0.3) is 0 Å². The maximum atomic E-state index is 11.9. The van der Waals surface area contributed by atoms with E-state index in [1.807, 2.05) is 36.4 Å². The minimum Gasteiger partial charge on any atom is -0.495 e. The average Bonchev–Trinajstić information content (AvgIpc) is 2.50. The van der Waals surface area contributed by atoms with Crippen molar-refractivity contribution in [3.8, 4) is 5.75 Å². The van der Waals surface area contributed by atoms with Gasteiger partial charge < -0.3 is 10.1 Å². The van der Waals surface area contributed by atoms with Gasteiger partial charge >= 0.3 is 0 Å². The Hall–Kier alpha value is -1.46. The fourth-order valence-electron chi connectivity index (χ4n) is 1.78. The van der Waals surface area contributed by atoms with Gasteiger partial charge in [-0.15, -0.1) is 11.8 Å². The van der Waals surface area contributed by atoms with Gasteiger partial charge in [0.15, 0.2) is 0 Å². The van der Waals surface area contributed by atoms with E-state index in [2.05, 4.69) is 33.4 Å². The monoisotopic (exact) mass is 365 g/mol. The number of carbonyl (C=O) groups excluding carboxylic acids is 1. The molecule has 2 aromatic carbocycles. The maximum Gasteiger partial charge on any atom is 0.234 e. The zero-order valence-electron chi connectivity index (χ0n) is 11.6. The van der Waals surface area contributed by atoms with Crippen molar-refractivity contribution in [3.05, 3.63) is 58.6 Å². The van der Waals surface area contributed by atoms with Gasteiger partial charge in [0.2, 0.25) is 5.91 Å². The number of halogens is 1. The van der Waals surface area contributed by atoms with Crippen LogP contribution in [0.4, 0.5) is 5.69 Å².